The zero-order valence-electron chi connectivity index (χ0n) is 10.1. The molecule has 1 aromatic carbocycles. The molecule has 0 aliphatic rings. The van der Waals surface area contributed by atoms with Crippen molar-refractivity contribution in [1.29, 1.82) is 0 Å². The van der Waals surface area contributed by atoms with Crippen LogP contribution >= 0.6 is 15.9 Å². The van der Waals surface area contributed by atoms with Crippen molar-refractivity contribution in [3.05, 3.63) is 40.8 Å². The molecule has 3 aromatic rings. The number of benzene rings is 1. The first-order chi connectivity index (χ1) is 9.54. The number of rotatable bonds is 1. The normalized spacial score (nSPS) is 10.9. The van der Waals surface area contributed by atoms with Crippen LogP contribution in [0.1, 0.15) is 0 Å². The Morgan fingerprint density at radius 2 is 1.90 bits per heavy atom. The number of aromatic nitrogens is 3. The third kappa shape index (κ3) is 2.16. The van der Waals surface area contributed by atoms with Gasteiger partial charge in [0, 0.05) is 10.9 Å². The van der Waals surface area contributed by atoms with E-state index < -0.39 is 0 Å². The molecule has 100 valence electrons. The number of fused-ring (bicyclic) bond motifs is 1. The van der Waals surface area contributed by atoms with E-state index in [1.165, 1.54) is 12.3 Å². The third-order valence-corrected chi connectivity index (χ3v) is 3.42. The predicted molar refractivity (Wildman–Crippen MR) is 79.3 cm³/mol. The number of halogens is 2. The molecule has 0 bridgehead atoms. The van der Waals surface area contributed by atoms with Crippen molar-refractivity contribution >= 4 is 38.5 Å². The average Bonchev–Trinajstić information content (AvgIpc) is 2.42. The zero-order valence-corrected chi connectivity index (χ0v) is 11.7. The van der Waals surface area contributed by atoms with E-state index in [9.17, 15) is 4.39 Å². The van der Waals surface area contributed by atoms with E-state index in [0.29, 0.717) is 38.4 Å². The highest BCUT2D eigenvalue weighted by Crippen LogP contribution is 2.26. The lowest BCUT2D eigenvalue weighted by Crippen LogP contribution is -2.00. The van der Waals surface area contributed by atoms with Crippen LogP contribution in [0.5, 0.6) is 0 Å². The van der Waals surface area contributed by atoms with Gasteiger partial charge in [-0.15, -0.1) is 0 Å². The van der Waals surface area contributed by atoms with Gasteiger partial charge in [-0.2, -0.15) is 0 Å². The van der Waals surface area contributed by atoms with E-state index in [1.807, 2.05) is 0 Å². The highest BCUT2D eigenvalue weighted by Gasteiger charge is 2.10. The molecule has 5 nitrogen and oxygen atoms in total. The maximum atomic E-state index is 13.3. The Hall–Kier alpha value is -2.28. The fourth-order valence-corrected chi connectivity index (χ4v) is 2.22. The van der Waals surface area contributed by atoms with Gasteiger partial charge in [-0.1, -0.05) is 0 Å². The zero-order chi connectivity index (χ0) is 14.3. The molecule has 2 aromatic heterocycles. The summed E-state index contributed by atoms with van der Waals surface area (Å²) in [6, 6.07) is 6.14. The summed E-state index contributed by atoms with van der Waals surface area (Å²) >= 11 is 3.13. The van der Waals surface area contributed by atoms with Crippen molar-refractivity contribution in [3.63, 3.8) is 0 Å². The summed E-state index contributed by atoms with van der Waals surface area (Å²) in [5, 5.41) is 0.641. The summed E-state index contributed by atoms with van der Waals surface area (Å²) in [5.74, 6) is 0.712. The van der Waals surface area contributed by atoms with Crippen molar-refractivity contribution in [2.24, 2.45) is 0 Å². The SMILES string of the molecule is Nc1cc2c(N)nc(-c3ccc(F)c(Br)c3)nc2cn1. The van der Waals surface area contributed by atoms with Crippen molar-refractivity contribution in [2.45, 2.75) is 0 Å². The van der Waals surface area contributed by atoms with Crippen LogP contribution < -0.4 is 11.5 Å². The molecule has 0 atom stereocenters. The van der Waals surface area contributed by atoms with Gasteiger partial charge < -0.3 is 11.5 Å². The molecule has 0 saturated heterocycles. The summed E-state index contributed by atoms with van der Waals surface area (Å²) in [7, 11) is 0. The summed E-state index contributed by atoms with van der Waals surface area (Å²) in [4.78, 5) is 12.6. The molecule has 20 heavy (non-hydrogen) atoms. The van der Waals surface area contributed by atoms with E-state index >= 15 is 0 Å². The molecule has 0 spiro atoms. The standard InChI is InChI=1S/C13H9BrFN5/c14-8-3-6(1-2-9(8)15)13-19-10-5-18-11(16)4-7(10)12(17)20-13/h1-5H,(H2,16,18)(H2,17,19,20). The summed E-state index contributed by atoms with van der Waals surface area (Å²) in [6.45, 7) is 0. The van der Waals surface area contributed by atoms with Crippen molar-refractivity contribution in [2.75, 3.05) is 11.5 Å². The van der Waals surface area contributed by atoms with Gasteiger partial charge >= 0.3 is 0 Å². The summed E-state index contributed by atoms with van der Waals surface area (Å²) in [5.41, 5.74) is 12.8. The van der Waals surface area contributed by atoms with E-state index in [4.69, 9.17) is 11.5 Å². The third-order valence-electron chi connectivity index (χ3n) is 2.81. The molecule has 0 saturated carbocycles. The van der Waals surface area contributed by atoms with Gasteiger partial charge in [0.25, 0.3) is 0 Å². The van der Waals surface area contributed by atoms with Crippen LogP contribution in [0.2, 0.25) is 0 Å². The Labute approximate surface area is 122 Å². The number of hydrogen-bond donors (Lipinski definition) is 2. The highest BCUT2D eigenvalue weighted by molar-refractivity contribution is 9.10. The van der Waals surface area contributed by atoms with Crippen LogP contribution in [0, 0.1) is 5.82 Å². The second kappa shape index (κ2) is 4.68. The maximum absolute atomic E-state index is 13.3. The molecule has 0 fully saturated rings. The van der Waals surface area contributed by atoms with Crippen molar-refractivity contribution in [3.8, 4) is 11.4 Å². The number of nitrogens with zero attached hydrogens (tertiary/aromatic N) is 3. The van der Waals surface area contributed by atoms with Crippen LogP contribution in [-0.2, 0) is 0 Å². The van der Waals surface area contributed by atoms with Crippen molar-refractivity contribution < 1.29 is 4.39 Å². The molecule has 0 radical (unpaired) electrons. The largest absolute Gasteiger partial charge is 0.384 e. The Morgan fingerprint density at radius 3 is 2.65 bits per heavy atom. The molecule has 0 aliphatic heterocycles. The molecule has 7 heteroatoms. The van der Waals surface area contributed by atoms with Gasteiger partial charge in [-0.25, -0.2) is 19.3 Å². The van der Waals surface area contributed by atoms with E-state index in [-0.39, 0.29) is 5.82 Å². The van der Waals surface area contributed by atoms with Gasteiger partial charge in [-0.05, 0) is 40.2 Å². The first-order valence-corrected chi connectivity index (χ1v) is 6.48. The van der Waals surface area contributed by atoms with Gasteiger partial charge in [0.1, 0.15) is 17.5 Å². The second-order valence-electron chi connectivity index (χ2n) is 4.19. The molecule has 3 rings (SSSR count). The first-order valence-electron chi connectivity index (χ1n) is 5.69. The summed E-state index contributed by atoms with van der Waals surface area (Å²) in [6.07, 6.45) is 1.53. The van der Waals surface area contributed by atoms with Gasteiger partial charge in [-0.3, -0.25) is 0 Å². The minimum Gasteiger partial charge on any atom is -0.384 e. The fraction of sp³-hybridized carbons (Fsp3) is 0. The van der Waals surface area contributed by atoms with Gasteiger partial charge in [0.15, 0.2) is 5.82 Å². The lowest BCUT2D eigenvalue weighted by Gasteiger charge is -2.06. The topological polar surface area (TPSA) is 90.7 Å². The number of anilines is 2. The second-order valence-corrected chi connectivity index (χ2v) is 5.04. The van der Waals surface area contributed by atoms with Crippen LogP contribution in [-0.4, -0.2) is 15.0 Å². The number of hydrogen-bond acceptors (Lipinski definition) is 5. The lowest BCUT2D eigenvalue weighted by molar-refractivity contribution is 0.621. The summed E-state index contributed by atoms with van der Waals surface area (Å²) < 4.78 is 13.6. The Morgan fingerprint density at radius 1 is 1.10 bits per heavy atom. The number of nitrogen functional groups attached to an aromatic ring is 2. The smallest absolute Gasteiger partial charge is 0.162 e. The minimum absolute atomic E-state index is 0.305. The molecule has 0 aliphatic carbocycles. The quantitative estimate of drug-likeness (QED) is 0.714. The molecule has 0 amide bonds. The molecule has 0 unspecified atom stereocenters. The Bertz CT molecular complexity index is 821. The van der Waals surface area contributed by atoms with Crippen LogP contribution in [0.4, 0.5) is 16.0 Å². The van der Waals surface area contributed by atoms with Crippen LogP contribution in [0.25, 0.3) is 22.3 Å². The van der Waals surface area contributed by atoms with Gasteiger partial charge in [0.2, 0.25) is 0 Å². The van der Waals surface area contributed by atoms with E-state index in [0.717, 1.165) is 0 Å². The van der Waals surface area contributed by atoms with E-state index in [1.54, 1.807) is 18.2 Å². The van der Waals surface area contributed by atoms with Crippen LogP contribution in [0.15, 0.2) is 34.9 Å². The fourth-order valence-electron chi connectivity index (χ4n) is 1.84. The minimum atomic E-state index is -0.350. The number of nitrogens with two attached hydrogens (primary N) is 2. The molecule has 2 heterocycles. The van der Waals surface area contributed by atoms with Crippen LogP contribution in [0.3, 0.4) is 0 Å². The van der Waals surface area contributed by atoms with E-state index in [2.05, 4.69) is 30.9 Å². The van der Waals surface area contributed by atoms with Gasteiger partial charge in [0.05, 0.1) is 16.2 Å². The first kappa shape index (κ1) is 12.7. The molecular formula is C13H9BrFN5. The monoisotopic (exact) mass is 333 g/mol. The predicted octanol–water partition coefficient (Wildman–Crippen LogP) is 2.76. The lowest BCUT2D eigenvalue weighted by atomic mass is 10.2. The maximum Gasteiger partial charge on any atom is 0.162 e. The molecule has 4 N–H and O–H groups in total. The van der Waals surface area contributed by atoms with Crippen molar-refractivity contribution in [1.82, 2.24) is 15.0 Å². The number of pyridine rings is 1. The Kier molecular flexibility index (Phi) is 2.98. The Balaban J connectivity index is 2.21. The highest BCUT2D eigenvalue weighted by atomic mass is 79.9. The molecular weight excluding hydrogens is 325 g/mol. The average molecular weight is 334 g/mol.